The maximum atomic E-state index is 11.8. The van der Waals surface area contributed by atoms with Gasteiger partial charge in [-0.15, -0.1) is 0 Å². The molecule has 1 fully saturated rings. The molecule has 0 aliphatic carbocycles. The molecule has 2 rings (SSSR count). The standard InChI is InChI=1S/C17H26BNO6S/c1-11(26(21,22)23)10-14(15(19)20)12-6-8-13(9-7-12)18-24-16(2,3)17(4,5)25-18/h6-9,11,14H,10H2,1-5H3,(H2,19,20)(H,21,22,23). The van der Waals surface area contributed by atoms with Crippen molar-refractivity contribution >= 4 is 28.6 Å². The van der Waals surface area contributed by atoms with Crippen molar-refractivity contribution < 1.29 is 27.1 Å². The molecule has 0 radical (unpaired) electrons. The SMILES string of the molecule is CC(CC(C(N)=O)c1ccc(B2OC(C)(C)C(C)(C)O2)cc1)S(=O)(=O)O. The fraction of sp³-hybridized carbons (Fsp3) is 0.588. The molecule has 1 saturated heterocycles. The van der Waals surface area contributed by atoms with Crippen molar-refractivity contribution in [1.29, 1.82) is 0 Å². The van der Waals surface area contributed by atoms with E-state index in [1.165, 1.54) is 6.92 Å². The number of hydrogen-bond acceptors (Lipinski definition) is 5. The Morgan fingerprint density at radius 2 is 1.62 bits per heavy atom. The molecule has 1 aromatic carbocycles. The Balaban J connectivity index is 2.21. The normalized spacial score (nSPS) is 21.4. The van der Waals surface area contributed by atoms with Gasteiger partial charge in [0.25, 0.3) is 10.1 Å². The molecule has 144 valence electrons. The maximum absolute atomic E-state index is 11.8. The third-order valence-electron chi connectivity index (χ3n) is 5.28. The average Bonchev–Trinajstić information content (AvgIpc) is 2.71. The summed E-state index contributed by atoms with van der Waals surface area (Å²) < 4.78 is 43.6. The van der Waals surface area contributed by atoms with E-state index in [9.17, 15) is 13.2 Å². The summed E-state index contributed by atoms with van der Waals surface area (Å²) in [4.78, 5) is 11.8. The molecule has 3 N–H and O–H groups in total. The average molecular weight is 383 g/mol. The molecule has 26 heavy (non-hydrogen) atoms. The summed E-state index contributed by atoms with van der Waals surface area (Å²) in [6, 6.07) is 6.94. The molecule has 2 unspecified atom stereocenters. The lowest BCUT2D eigenvalue weighted by Crippen LogP contribution is -2.41. The fourth-order valence-corrected chi connectivity index (χ4v) is 3.17. The molecule has 0 saturated carbocycles. The second kappa shape index (κ2) is 6.96. The minimum Gasteiger partial charge on any atom is -0.399 e. The molecule has 1 aliphatic rings. The van der Waals surface area contributed by atoms with E-state index in [2.05, 4.69) is 0 Å². The van der Waals surface area contributed by atoms with Crippen molar-refractivity contribution in [2.75, 3.05) is 0 Å². The molecule has 7 nitrogen and oxygen atoms in total. The van der Waals surface area contributed by atoms with E-state index in [0.717, 1.165) is 5.46 Å². The van der Waals surface area contributed by atoms with Crippen LogP contribution in [0, 0.1) is 0 Å². The fourth-order valence-electron chi connectivity index (χ4n) is 2.73. The van der Waals surface area contributed by atoms with Gasteiger partial charge < -0.3 is 15.0 Å². The minimum absolute atomic E-state index is 0.0932. The van der Waals surface area contributed by atoms with E-state index < -0.39 is 45.5 Å². The molecular weight excluding hydrogens is 357 g/mol. The van der Waals surface area contributed by atoms with Crippen molar-refractivity contribution in [1.82, 2.24) is 0 Å². The van der Waals surface area contributed by atoms with Gasteiger partial charge in [-0.1, -0.05) is 24.3 Å². The molecule has 1 aliphatic heterocycles. The van der Waals surface area contributed by atoms with Gasteiger partial charge in [-0.25, -0.2) is 0 Å². The van der Waals surface area contributed by atoms with Crippen LogP contribution < -0.4 is 11.2 Å². The number of primary amides is 1. The van der Waals surface area contributed by atoms with Gasteiger partial charge in [0.15, 0.2) is 0 Å². The zero-order valence-electron chi connectivity index (χ0n) is 15.7. The topological polar surface area (TPSA) is 116 Å². The summed E-state index contributed by atoms with van der Waals surface area (Å²) in [6.07, 6.45) is -0.0932. The number of benzene rings is 1. The van der Waals surface area contributed by atoms with Gasteiger partial charge in [-0.3, -0.25) is 9.35 Å². The Morgan fingerprint density at radius 3 is 2.00 bits per heavy atom. The lowest BCUT2D eigenvalue weighted by atomic mass is 9.78. The summed E-state index contributed by atoms with van der Waals surface area (Å²) in [7, 11) is -4.76. The second-order valence-corrected chi connectivity index (χ2v) is 9.61. The van der Waals surface area contributed by atoms with Crippen LogP contribution in [0.1, 0.15) is 52.5 Å². The monoisotopic (exact) mass is 383 g/mol. The first-order chi connectivity index (χ1) is 11.7. The largest absolute Gasteiger partial charge is 0.494 e. The van der Waals surface area contributed by atoms with Crippen LogP contribution in [0.2, 0.25) is 0 Å². The Hall–Kier alpha value is -1.42. The van der Waals surface area contributed by atoms with E-state index in [1.807, 2.05) is 27.7 Å². The Kier molecular flexibility index (Phi) is 5.59. The van der Waals surface area contributed by atoms with E-state index in [1.54, 1.807) is 24.3 Å². The van der Waals surface area contributed by atoms with Gasteiger partial charge in [0, 0.05) is 0 Å². The minimum atomic E-state index is -4.23. The maximum Gasteiger partial charge on any atom is 0.494 e. The highest BCUT2D eigenvalue weighted by Gasteiger charge is 2.51. The smallest absolute Gasteiger partial charge is 0.399 e. The van der Waals surface area contributed by atoms with Crippen molar-refractivity contribution in [3.63, 3.8) is 0 Å². The summed E-state index contributed by atoms with van der Waals surface area (Å²) in [6.45, 7) is 9.18. The Morgan fingerprint density at radius 1 is 1.15 bits per heavy atom. The van der Waals surface area contributed by atoms with Crippen LogP contribution in [-0.2, 0) is 24.2 Å². The zero-order chi connectivity index (χ0) is 19.9. The Bertz CT molecular complexity index is 759. The quantitative estimate of drug-likeness (QED) is 0.564. The molecule has 1 aromatic rings. The molecule has 0 bridgehead atoms. The van der Waals surface area contributed by atoms with Crippen molar-refractivity contribution in [3.8, 4) is 0 Å². The first kappa shape index (κ1) is 20.9. The van der Waals surface area contributed by atoms with E-state index in [4.69, 9.17) is 19.6 Å². The highest BCUT2D eigenvalue weighted by atomic mass is 32.2. The first-order valence-electron chi connectivity index (χ1n) is 8.46. The molecule has 0 aromatic heterocycles. The van der Waals surface area contributed by atoms with Crippen LogP contribution in [0.15, 0.2) is 24.3 Å². The van der Waals surface area contributed by atoms with Gasteiger partial charge in [0.1, 0.15) is 0 Å². The van der Waals surface area contributed by atoms with Crippen LogP contribution in [0.25, 0.3) is 0 Å². The number of nitrogens with two attached hydrogens (primary N) is 1. The van der Waals surface area contributed by atoms with Crippen LogP contribution in [0.5, 0.6) is 0 Å². The van der Waals surface area contributed by atoms with Gasteiger partial charge in [0.05, 0.1) is 22.4 Å². The van der Waals surface area contributed by atoms with E-state index in [0.29, 0.717) is 5.56 Å². The van der Waals surface area contributed by atoms with Crippen LogP contribution in [0.3, 0.4) is 0 Å². The van der Waals surface area contributed by atoms with Crippen LogP contribution in [-0.4, -0.2) is 42.4 Å². The van der Waals surface area contributed by atoms with E-state index in [-0.39, 0.29) is 6.42 Å². The predicted octanol–water partition coefficient (Wildman–Crippen LogP) is 1.22. The number of amides is 1. The predicted molar refractivity (Wildman–Crippen MR) is 99.7 cm³/mol. The number of carbonyl (C=O) groups excluding carboxylic acids is 1. The van der Waals surface area contributed by atoms with Crippen molar-refractivity contribution in [2.24, 2.45) is 5.73 Å². The summed E-state index contributed by atoms with van der Waals surface area (Å²) in [5.41, 5.74) is 5.87. The van der Waals surface area contributed by atoms with Gasteiger partial charge in [-0.05, 0) is 52.1 Å². The van der Waals surface area contributed by atoms with Crippen LogP contribution >= 0.6 is 0 Å². The zero-order valence-corrected chi connectivity index (χ0v) is 16.5. The lowest BCUT2D eigenvalue weighted by Gasteiger charge is -2.32. The van der Waals surface area contributed by atoms with Crippen LogP contribution in [0.4, 0.5) is 0 Å². The van der Waals surface area contributed by atoms with Crippen molar-refractivity contribution in [2.45, 2.75) is 63.4 Å². The van der Waals surface area contributed by atoms with Gasteiger partial charge >= 0.3 is 7.12 Å². The summed E-state index contributed by atoms with van der Waals surface area (Å²) in [5, 5.41) is -1.09. The number of carbonyl (C=O) groups is 1. The highest BCUT2D eigenvalue weighted by Crippen LogP contribution is 2.36. The molecule has 0 spiro atoms. The molecule has 2 atom stereocenters. The third kappa shape index (κ3) is 4.28. The molecule has 1 amide bonds. The molecule has 9 heteroatoms. The van der Waals surface area contributed by atoms with Gasteiger partial charge in [-0.2, -0.15) is 8.42 Å². The first-order valence-corrected chi connectivity index (χ1v) is 9.96. The third-order valence-corrected chi connectivity index (χ3v) is 6.49. The van der Waals surface area contributed by atoms with E-state index >= 15 is 0 Å². The second-order valence-electron chi connectivity index (χ2n) is 7.77. The molecule has 1 heterocycles. The van der Waals surface area contributed by atoms with Crippen molar-refractivity contribution in [3.05, 3.63) is 29.8 Å². The molecular formula is C17H26BNO6S. The Labute approximate surface area is 155 Å². The number of hydrogen-bond donors (Lipinski definition) is 2. The lowest BCUT2D eigenvalue weighted by molar-refractivity contribution is -0.119. The summed E-state index contributed by atoms with van der Waals surface area (Å²) in [5.74, 6) is -1.47. The number of rotatable bonds is 6. The van der Waals surface area contributed by atoms with Gasteiger partial charge in [0.2, 0.25) is 5.91 Å². The highest BCUT2D eigenvalue weighted by molar-refractivity contribution is 7.86. The summed E-state index contributed by atoms with van der Waals surface area (Å²) >= 11 is 0.